The zero-order valence-corrected chi connectivity index (χ0v) is 18.6. The molecule has 5 rings (SSSR count). The van der Waals surface area contributed by atoms with Crippen molar-refractivity contribution < 1.29 is 4.79 Å². The van der Waals surface area contributed by atoms with Crippen molar-refractivity contribution in [3.63, 3.8) is 0 Å². The minimum Gasteiger partial charge on any atom is -0.355 e. The third-order valence-electron chi connectivity index (χ3n) is 5.72. The lowest BCUT2D eigenvalue weighted by Crippen LogP contribution is -2.09. The summed E-state index contributed by atoms with van der Waals surface area (Å²) >= 11 is 0. The Hall–Kier alpha value is -4.63. The number of anilines is 5. The fourth-order valence-corrected chi connectivity index (χ4v) is 4.04. The van der Waals surface area contributed by atoms with Gasteiger partial charge in [0, 0.05) is 39.6 Å². The van der Waals surface area contributed by atoms with Crippen LogP contribution in [0.2, 0.25) is 0 Å². The molecule has 0 heterocycles. The van der Waals surface area contributed by atoms with Gasteiger partial charge >= 0.3 is 0 Å². The van der Waals surface area contributed by atoms with Crippen LogP contribution in [0.5, 0.6) is 0 Å². The van der Waals surface area contributed by atoms with Gasteiger partial charge in [-0.05, 0) is 72.3 Å². The van der Waals surface area contributed by atoms with Crippen molar-refractivity contribution in [3.8, 4) is 11.1 Å². The first-order chi connectivity index (χ1) is 16.8. The van der Waals surface area contributed by atoms with E-state index in [9.17, 15) is 4.79 Å². The highest BCUT2D eigenvalue weighted by molar-refractivity contribution is 5.84. The molecule has 0 saturated carbocycles. The summed E-state index contributed by atoms with van der Waals surface area (Å²) in [7, 11) is 0. The van der Waals surface area contributed by atoms with Crippen LogP contribution in [0.15, 0.2) is 133 Å². The molecular weight excluding hydrogens is 416 g/mol. The molecule has 0 aliphatic rings. The molecule has 0 amide bonds. The third kappa shape index (κ3) is 4.59. The van der Waals surface area contributed by atoms with Crippen molar-refractivity contribution in [3.05, 3.63) is 139 Å². The van der Waals surface area contributed by atoms with E-state index in [0.717, 1.165) is 45.8 Å². The molecule has 0 saturated heterocycles. The van der Waals surface area contributed by atoms with E-state index in [1.165, 1.54) is 0 Å². The largest absolute Gasteiger partial charge is 0.355 e. The Morgan fingerprint density at radius 2 is 1.06 bits per heavy atom. The third-order valence-corrected chi connectivity index (χ3v) is 5.72. The standard InChI is InChI=1S/C31H24N2O/c34-23-24-15-19-26(20-16-24)32-31-14-8-7-13-30(31)25-17-21-29(22-18-25)33(27-9-3-1-4-10-27)28-11-5-2-6-12-28/h1-23,32H. The van der Waals surface area contributed by atoms with Crippen LogP contribution in [0, 0.1) is 0 Å². The lowest BCUT2D eigenvalue weighted by molar-refractivity contribution is 0.112. The number of hydrogen-bond donors (Lipinski definition) is 1. The highest BCUT2D eigenvalue weighted by Crippen LogP contribution is 2.36. The quantitative estimate of drug-likeness (QED) is 0.258. The van der Waals surface area contributed by atoms with E-state index in [2.05, 4.69) is 95.1 Å². The predicted octanol–water partition coefficient (Wildman–Crippen LogP) is 8.38. The molecule has 5 aromatic carbocycles. The number of aldehydes is 1. The van der Waals surface area contributed by atoms with Crippen molar-refractivity contribution in [1.82, 2.24) is 0 Å². The van der Waals surface area contributed by atoms with Gasteiger partial charge in [0.1, 0.15) is 6.29 Å². The molecule has 3 heteroatoms. The second-order valence-corrected chi connectivity index (χ2v) is 7.96. The van der Waals surface area contributed by atoms with Crippen LogP contribution in [0.1, 0.15) is 10.4 Å². The Balaban J connectivity index is 1.47. The van der Waals surface area contributed by atoms with Crippen LogP contribution in [0.25, 0.3) is 11.1 Å². The van der Waals surface area contributed by atoms with Crippen LogP contribution < -0.4 is 10.2 Å². The summed E-state index contributed by atoms with van der Waals surface area (Å²) in [6.45, 7) is 0. The maximum absolute atomic E-state index is 10.9. The summed E-state index contributed by atoms with van der Waals surface area (Å²) in [5.41, 5.74) is 8.17. The molecule has 1 N–H and O–H groups in total. The molecule has 5 aromatic rings. The number of rotatable bonds is 7. The van der Waals surface area contributed by atoms with Crippen molar-refractivity contribution >= 4 is 34.7 Å². The molecule has 0 unspecified atom stereocenters. The number of para-hydroxylation sites is 3. The van der Waals surface area contributed by atoms with Gasteiger partial charge in [-0.2, -0.15) is 0 Å². The second kappa shape index (κ2) is 9.88. The first-order valence-electron chi connectivity index (χ1n) is 11.2. The minimum atomic E-state index is 0.663. The van der Waals surface area contributed by atoms with Gasteiger partial charge in [0.2, 0.25) is 0 Å². The summed E-state index contributed by atoms with van der Waals surface area (Å²) in [5.74, 6) is 0. The zero-order chi connectivity index (χ0) is 23.2. The topological polar surface area (TPSA) is 32.3 Å². The van der Waals surface area contributed by atoms with Gasteiger partial charge in [-0.3, -0.25) is 4.79 Å². The van der Waals surface area contributed by atoms with Gasteiger partial charge < -0.3 is 10.2 Å². The van der Waals surface area contributed by atoms with Crippen molar-refractivity contribution in [2.45, 2.75) is 0 Å². The Bertz CT molecular complexity index is 1320. The number of carbonyl (C=O) groups is 1. The second-order valence-electron chi connectivity index (χ2n) is 7.96. The summed E-state index contributed by atoms with van der Waals surface area (Å²) in [5, 5.41) is 3.49. The Morgan fingerprint density at radius 1 is 0.529 bits per heavy atom. The van der Waals surface area contributed by atoms with E-state index < -0.39 is 0 Å². The smallest absolute Gasteiger partial charge is 0.150 e. The molecule has 0 aliphatic carbocycles. The van der Waals surface area contributed by atoms with Crippen LogP contribution in [0.3, 0.4) is 0 Å². The lowest BCUT2D eigenvalue weighted by atomic mass is 10.0. The summed E-state index contributed by atoms with van der Waals surface area (Å²) in [4.78, 5) is 13.2. The molecular formula is C31H24N2O. The molecule has 0 bridgehead atoms. The zero-order valence-electron chi connectivity index (χ0n) is 18.6. The van der Waals surface area contributed by atoms with E-state index in [4.69, 9.17) is 0 Å². The van der Waals surface area contributed by atoms with Crippen LogP contribution >= 0.6 is 0 Å². The van der Waals surface area contributed by atoms with Crippen molar-refractivity contribution in [2.24, 2.45) is 0 Å². The van der Waals surface area contributed by atoms with Crippen LogP contribution in [-0.4, -0.2) is 6.29 Å². The van der Waals surface area contributed by atoms with Gasteiger partial charge in [0.05, 0.1) is 0 Å². The number of carbonyl (C=O) groups excluding carboxylic acids is 1. The molecule has 0 fully saturated rings. The van der Waals surface area contributed by atoms with E-state index in [0.29, 0.717) is 5.56 Å². The lowest BCUT2D eigenvalue weighted by Gasteiger charge is -2.25. The average molecular weight is 441 g/mol. The van der Waals surface area contributed by atoms with E-state index in [-0.39, 0.29) is 0 Å². The average Bonchev–Trinajstić information content (AvgIpc) is 2.91. The van der Waals surface area contributed by atoms with E-state index in [1.807, 2.05) is 48.5 Å². The Kier molecular flexibility index (Phi) is 6.17. The Morgan fingerprint density at radius 3 is 1.65 bits per heavy atom. The predicted molar refractivity (Wildman–Crippen MR) is 142 cm³/mol. The molecule has 3 nitrogen and oxygen atoms in total. The van der Waals surface area contributed by atoms with Gasteiger partial charge in [0.25, 0.3) is 0 Å². The normalized spacial score (nSPS) is 10.5. The van der Waals surface area contributed by atoms with Crippen molar-refractivity contribution in [2.75, 3.05) is 10.2 Å². The molecule has 0 aromatic heterocycles. The SMILES string of the molecule is O=Cc1ccc(Nc2ccccc2-c2ccc(N(c3ccccc3)c3ccccc3)cc2)cc1. The molecule has 0 atom stereocenters. The highest BCUT2D eigenvalue weighted by Gasteiger charge is 2.12. The fourth-order valence-electron chi connectivity index (χ4n) is 4.04. The molecule has 34 heavy (non-hydrogen) atoms. The molecule has 0 aliphatic heterocycles. The number of nitrogens with one attached hydrogen (secondary N) is 1. The first kappa shape index (κ1) is 21.2. The van der Waals surface area contributed by atoms with Crippen molar-refractivity contribution in [1.29, 1.82) is 0 Å². The van der Waals surface area contributed by atoms with Crippen LogP contribution in [0.4, 0.5) is 28.4 Å². The number of benzene rings is 5. The maximum atomic E-state index is 10.9. The number of nitrogens with zero attached hydrogens (tertiary/aromatic N) is 1. The van der Waals surface area contributed by atoms with Gasteiger partial charge in [-0.25, -0.2) is 0 Å². The van der Waals surface area contributed by atoms with Crippen LogP contribution in [-0.2, 0) is 0 Å². The molecule has 164 valence electrons. The monoisotopic (exact) mass is 440 g/mol. The summed E-state index contributed by atoms with van der Waals surface area (Å²) in [6.07, 6.45) is 0.855. The van der Waals surface area contributed by atoms with Gasteiger partial charge in [-0.15, -0.1) is 0 Å². The summed E-state index contributed by atoms with van der Waals surface area (Å²) in [6, 6.07) is 45.1. The Labute approximate surface area is 199 Å². The minimum absolute atomic E-state index is 0.663. The first-order valence-corrected chi connectivity index (χ1v) is 11.2. The van der Waals surface area contributed by atoms with Gasteiger partial charge in [-0.1, -0.05) is 66.7 Å². The molecule has 0 radical (unpaired) electrons. The summed E-state index contributed by atoms with van der Waals surface area (Å²) < 4.78 is 0. The maximum Gasteiger partial charge on any atom is 0.150 e. The van der Waals surface area contributed by atoms with Gasteiger partial charge in [0.15, 0.2) is 0 Å². The highest BCUT2D eigenvalue weighted by atomic mass is 16.1. The number of hydrogen-bond acceptors (Lipinski definition) is 3. The molecule has 0 spiro atoms. The van der Waals surface area contributed by atoms with E-state index >= 15 is 0 Å². The van der Waals surface area contributed by atoms with E-state index in [1.54, 1.807) is 0 Å². The fraction of sp³-hybridized carbons (Fsp3) is 0.